The lowest BCUT2D eigenvalue weighted by molar-refractivity contribution is 0.362. The van der Waals surface area contributed by atoms with Crippen molar-refractivity contribution in [3.05, 3.63) is 41.5 Å². The van der Waals surface area contributed by atoms with Crippen molar-refractivity contribution >= 4 is 11.8 Å². The van der Waals surface area contributed by atoms with Crippen LogP contribution >= 0.6 is 11.8 Å². The molecular formula is C14H19N3OS. The number of hydrogen-bond acceptors (Lipinski definition) is 5. The van der Waals surface area contributed by atoms with Gasteiger partial charge in [-0.25, -0.2) is 0 Å². The Labute approximate surface area is 117 Å². The Morgan fingerprint density at radius 3 is 2.74 bits per heavy atom. The molecule has 0 saturated carbocycles. The van der Waals surface area contributed by atoms with Crippen molar-refractivity contribution < 1.29 is 4.52 Å². The topological polar surface area (TPSA) is 64.9 Å². The molecule has 0 spiro atoms. The average Bonchev–Trinajstić information content (AvgIpc) is 2.85. The molecule has 0 radical (unpaired) electrons. The molecule has 0 aliphatic rings. The summed E-state index contributed by atoms with van der Waals surface area (Å²) in [5.41, 5.74) is 7.02. The summed E-state index contributed by atoms with van der Waals surface area (Å²) < 4.78 is 5.18. The van der Waals surface area contributed by atoms with Crippen molar-refractivity contribution in [1.82, 2.24) is 10.1 Å². The molecule has 1 aromatic carbocycles. The summed E-state index contributed by atoms with van der Waals surface area (Å²) in [5, 5.41) is 3.98. The maximum atomic E-state index is 5.88. The Hall–Kier alpha value is -1.33. The van der Waals surface area contributed by atoms with E-state index in [1.807, 2.05) is 32.9 Å². The monoisotopic (exact) mass is 277 g/mol. The van der Waals surface area contributed by atoms with Gasteiger partial charge in [-0.3, -0.25) is 0 Å². The summed E-state index contributed by atoms with van der Waals surface area (Å²) in [6, 6.07) is 8.30. The molecule has 4 nitrogen and oxygen atoms in total. The van der Waals surface area contributed by atoms with Crippen molar-refractivity contribution in [1.29, 1.82) is 0 Å². The number of aromatic nitrogens is 2. The Morgan fingerprint density at radius 2 is 2.11 bits per heavy atom. The predicted molar refractivity (Wildman–Crippen MR) is 77.0 cm³/mol. The van der Waals surface area contributed by atoms with Crippen molar-refractivity contribution in [2.24, 2.45) is 5.73 Å². The zero-order chi connectivity index (χ0) is 13.8. The van der Waals surface area contributed by atoms with Crippen LogP contribution in [0.25, 0.3) is 0 Å². The highest BCUT2D eigenvalue weighted by Crippen LogP contribution is 2.24. The summed E-state index contributed by atoms with van der Waals surface area (Å²) in [4.78, 5) is 5.53. The molecule has 0 amide bonds. The predicted octanol–water partition coefficient (Wildman–Crippen LogP) is 3.51. The minimum atomic E-state index is 0.0540. The van der Waals surface area contributed by atoms with Crippen LogP contribution in [0.15, 0.2) is 33.7 Å². The van der Waals surface area contributed by atoms with Crippen molar-refractivity contribution in [3.63, 3.8) is 0 Å². The fraction of sp³-hybridized carbons (Fsp3) is 0.429. The lowest BCUT2D eigenvalue weighted by Crippen LogP contribution is -2.04. The summed E-state index contributed by atoms with van der Waals surface area (Å²) in [5.74, 6) is 2.41. The first-order valence-corrected chi connectivity index (χ1v) is 7.35. The van der Waals surface area contributed by atoms with Gasteiger partial charge in [0.15, 0.2) is 5.82 Å². The van der Waals surface area contributed by atoms with Crippen LogP contribution in [-0.4, -0.2) is 10.1 Å². The molecule has 1 atom stereocenters. The van der Waals surface area contributed by atoms with Gasteiger partial charge < -0.3 is 10.3 Å². The molecule has 0 aliphatic heterocycles. The van der Waals surface area contributed by atoms with Crippen LogP contribution in [0, 0.1) is 0 Å². The first-order valence-electron chi connectivity index (χ1n) is 6.37. The highest BCUT2D eigenvalue weighted by Gasteiger charge is 2.10. The molecule has 1 heterocycles. The lowest BCUT2D eigenvalue weighted by Gasteiger charge is -2.07. The fourth-order valence-electron chi connectivity index (χ4n) is 1.60. The Balaban J connectivity index is 1.99. The highest BCUT2D eigenvalue weighted by molar-refractivity contribution is 7.98. The van der Waals surface area contributed by atoms with Crippen LogP contribution in [-0.2, 0) is 5.75 Å². The van der Waals surface area contributed by atoms with Gasteiger partial charge in [-0.15, -0.1) is 11.8 Å². The number of hydrogen-bond donors (Lipinski definition) is 1. The molecule has 0 fully saturated rings. The normalized spacial score (nSPS) is 12.9. The van der Waals surface area contributed by atoms with Gasteiger partial charge in [-0.1, -0.05) is 31.1 Å². The molecular weight excluding hydrogens is 258 g/mol. The van der Waals surface area contributed by atoms with Crippen LogP contribution in [0.3, 0.4) is 0 Å². The smallest absolute Gasteiger partial charge is 0.229 e. The summed E-state index contributed by atoms with van der Waals surface area (Å²) in [7, 11) is 0. The SMILES string of the molecule is CC(C)c1nc(CSc2cccc(C(C)N)c2)no1. The molecule has 19 heavy (non-hydrogen) atoms. The molecule has 0 bridgehead atoms. The van der Waals surface area contributed by atoms with E-state index in [2.05, 4.69) is 22.3 Å². The molecule has 102 valence electrons. The second-order valence-electron chi connectivity index (χ2n) is 4.85. The van der Waals surface area contributed by atoms with E-state index in [4.69, 9.17) is 10.3 Å². The van der Waals surface area contributed by atoms with Crippen LogP contribution in [0.1, 0.15) is 50.0 Å². The van der Waals surface area contributed by atoms with Crippen LogP contribution in [0.4, 0.5) is 0 Å². The lowest BCUT2D eigenvalue weighted by atomic mass is 10.1. The molecule has 1 aromatic heterocycles. The third kappa shape index (κ3) is 3.81. The van der Waals surface area contributed by atoms with Gasteiger partial charge in [-0.2, -0.15) is 4.98 Å². The number of rotatable bonds is 5. The highest BCUT2D eigenvalue weighted by atomic mass is 32.2. The molecule has 0 saturated heterocycles. The van der Waals surface area contributed by atoms with E-state index >= 15 is 0 Å². The standard InChI is InChI=1S/C14H19N3OS/c1-9(2)14-16-13(17-18-14)8-19-12-6-4-5-11(7-12)10(3)15/h4-7,9-10H,8,15H2,1-3H3. The number of thioether (sulfide) groups is 1. The summed E-state index contributed by atoms with van der Waals surface area (Å²) in [6.07, 6.45) is 0. The van der Waals surface area contributed by atoms with E-state index in [-0.39, 0.29) is 12.0 Å². The molecule has 0 aliphatic carbocycles. The molecule has 5 heteroatoms. The van der Waals surface area contributed by atoms with E-state index < -0.39 is 0 Å². The van der Waals surface area contributed by atoms with Gasteiger partial charge in [0.05, 0.1) is 5.75 Å². The second-order valence-corrected chi connectivity index (χ2v) is 5.90. The number of benzene rings is 1. The number of nitrogens with zero attached hydrogens (tertiary/aromatic N) is 2. The minimum absolute atomic E-state index is 0.0540. The summed E-state index contributed by atoms with van der Waals surface area (Å²) >= 11 is 1.69. The van der Waals surface area contributed by atoms with Gasteiger partial charge in [0.2, 0.25) is 5.89 Å². The van der Waals surface area contributed by atoms with E-state index in [9.17, 15) is 0 Å². The summed E-state index contributed by atoms with van der Waals surface area (Å²) in [6.45, 7) is 6.06. The fourth-order valence-corrected chi connectivity index (χ4v) is 2.40. The van der Waals surface area contributed by atoms with E-state index in [1.54, 1.807) is 11.8 Å². The van der Waals surface area contributed by atoms with Gasteiger partial charge in [0.25, 0.3) is 0 Å². The van der Waals surface area contributed by atoms with E-state index in [1.165, 1.54) is 4.90 Å². The zero-order valence-electron chi connectivity index (χ0n) is 11.5. The van der Waals surface area contributed by atoms with E-state index in [0.717, 1.165) is 11.4 Å². The molecule has 1 unspecified atom stereocenters. The molecule has 2 rings (SSSR count). The largest absolute Gasteiger partial charge is 0.339 e. The minimum Gasteiger partial charge on any atom is -0.339 e. The van der Waals surface area contributed by atoms with E-state index in [0.29, 0.717) is 11.6 Å². The quantitative estimate of drug-likeness (QED) is 0.847. The maximum absolute atomic E-state index is 5.88. The van der Waals surface area contributed by atoms with Gasteiger partial charge >= 0.3 is 0 Å². The Morgan fingerprint density at radius 1 is 1.32 bits per heavy atom. The van der Waals surface area contributed by atoms with Crippen molar-refractivity contribution in [2.45, 2.75) is 43.4 Å². The molecule has 2 N–H and O–H groups in total. The third-order valence-electron chi connectivity index (χ3n) is 2.73. The molecule has 2 aromatic rings. The van der Waals surface area contributed by atoms with Crippen LogP contribution < -0.4 is 5.73 Å². The Bertz CT molecular complexity index is 537. The van der Waals surface area contributed by atoms with Crippen molar-refractivity contribution in [2.75, 3.05) is 0 Å². The average molecular weight is 277 g/mol. The van der Waals surface area contributed by atoms with Crippen molar-refractivity contribution in [3.8, 4) is 0 Å². The van der Waals surface area contributed by atoms with Gasteiger partial charge in [0.1, 0.15) is 0 Å². The first kappa shape index (κ1) is 14.1. The zero-order valence-corrected chi connectivity index (χ0v) is 12.3. The Kier molecular flexibility index (Phi) is 4.61. The second kappa shape index (κ2) is 6.21. The first-order chi connectivity index (χ1) is 9.06. The van der Waals surface area contributed by atoms with Crippen LogP contribution in [0.2, 0.25) is 0 Å². The third-order valence-corrected chi connectivity index (χ3v) is 3.72. The van der Waals surface area contributed by atoms with Gasteiger partial charge in [0, 0.05) is 16.9 Å². The van der Waals surface area contributed by atoms with Crippen LogP contribution in [0.5, 0.6) is 0 Å². The number of nitrogens with two attached hydrogens (primary N) is 1. The van der Waals surface area contributed by atoms with Gasteiger partial charge in [-0.05, 0) is 24.6 Å². The maximum Gasteiger partial charge on any atom is 0.229 e.